The molecule has 1 heterocycles. The molecule has 2 aromatic rings. The lowest BCUT2D eigenvalue weighted by atomic mass is 10.3. The van der Waals surface area contributed by atoms with Gasteiger partial charge in [-0.15, -0.1) is 0 Å². The Kier molecular flexibility index (Phi) is 2.53. The van der Waals surface area contributed by atoms with Crippen LogP contribution in [0.15, 0.2) is 28.9 Å². The smallest absolute Gasteiger partial charge is 0.145 e. The maximum Gasteiger partial charge on any atom is 0.145 e. The van der Waals surface area contributed by atoms with Crippen LogP contribution in [-0.2, 0) is 6.61 Å². The maximum atomic E-state index is 9.20. The molecule has 0 aliphatic heterocycles. The maximum absolute atomic E-state index is 9.20. The predicted molar refractivity (Wildman–Crippen MR) is 51.5 cm³/mol. The minimum atomic E-state index is 0.169. The summed E-state index contributed by atoms with van der Waals surface area (Å²) < 4.78 is 9.92. The van der Waals surface area contributed by atoms with Crippen LogP contribution in [0.4, 0.5) is 0 Å². The van der Waals surface area contributed by atoms with Gasteiger partial charge < -0.3 is 9.84 Å². The summed E-state index contributed by atoms with van der Waals surface area (Å²) in [5, 5.41) is 16.5. The first-order chi connectivity index (χ1) is 7.25. The first-order valence-corrected chi connectivity index (χ1v) is 4.45. The Hall–Kier alpha value is -2.04. The van der Waals surface area contributed by atoms with Crippen LogP contribution in [-0.4, -0.2) is 15.4 Å². The standard InChI is InChI=1S/C10H10N2O3/c1-7-10(12-15-11-7)6-14-9-4-2-3-8(13)5-9/h2-5,13H,6H2,1H3. The van der Waals surface area contributed by atoms with Crippen molar-refractivity contribution in [3.05, 3.63) is 35.7 Å². The molecule has 0 aliphatic rings. The van der Waals surface area contributed by atoms with Crippen LogP contribution in [0.5, 0.6) is 11.5 Å². The van der Waals surface area contributed by atoms with Gasteiger partial charge in [-0.25, -0.2) is 4.63 Å². The third-order valence-electron chi connectivity index (χ3n) is 1.94. The van der Waals surface area contributed by atoms with Gasteiger partial charge in [0.05, 0.1) is 0 Å². The SMILES string of the molecule is Cc1nonc1COc1cccc(O)c1. The molecule has 15 heavy (non-hydrogen) atoms. The van der Waals surface area contributed by atoms with Crippen LogP contribution in [0, 0.1) is 6.92 Å². The van der Waals surface area contributed by atoms with Gasteiger partial charge in [-0.2, -0.15) is 0 Å². The third kappa shape index (κ3) is 2.25. The zero-order valence-corrected chi connectivity index (χ0v) is 8.17. The molecule has 1 N–H and O–H groups in total. The van der Waals surface area contributed by atoms with Crippen molar-refractivity contribution < 1.29 is 14.5 Å². The van der Waals surface area contributed by atoms with Gasteiger partial charge in [-0.1, -0.05) is 16.4 Å². The summed E-state index contributed by atoms with van der Waals surface area (Å²) in [6.07, 6.45) is 0. The number of aromatic nitrogens is 2. The van der Waals surface area contributed by atoms with E-state index in [1.807, 2.05) is 0 Å². The molecule has 78 valence electrons. The highest BCUT2D eigenvalue weighted by molar-refractivity contribution is 5.31. The van der Waals surface area contributed by atoms with Crippen LogP contribution in [0.25, 0.3) is 0 Å². The second kappa shape index (κ2) is 4.00. The molecule has 0 saturated heterocycles. The Bertz CT molecular complexity index is 453. The summed E-state index contributed by atoms with van der Waals surface area (Å²) in [6.45, 7) is 2.07. The first-order valence-electron chi connectivity index (χ1n) is 4.45. The Balaban J connectivity index is 2.02. The van der Waals surface area contributed by atoms with E-state index in [9.17, 15) is 5.11 Å². The molecule has 0 fully saturated rings. The molecule has 0 bridgehead atoms. The van der Waals surface area contributed by atoms with Gasteiger partial charge in [0.25, 0.3) is 0 Å². The summed E-state index contributed by atoms with van der Waals surface area (Å²) in [7, 11) is 0. The average molecular weight is 206 g/mol. The van der Waals surface area contributed by atoms with Crippen molar-refractivity contribution in [3.63, 3.8) is 0 Å². The Labute approximate surface area is 86.3 Å². The van der Waals surface area contributed by atoms with Crippen molar-refractivity contribution in [2.45, 2.75) is 13.5 Å². The zero-order valence-electron chi connectivity index (χ0n) is 8.17. The minimum absolute atomic E-state index is 0.169. The number of phenols is 1. The van der Waals surface area contributed by atoms with Crippen LogP contribution >= 0.6 is 0 Å². The van der Waals surface area contributed by atoms with E-state index in [0.717, 1.165) is 0 Å². The van der Waals surface area contributed by atoms with Gasteiger partial charge in [0.2, 0.25) is 0 Å². The highest BCUT2D eigenvalue weighted by Gasteiger charge is 2.05. The summed E-state index contributed by atoms with van der Waals surface area (Å²) in [6, 6.07) is 6.57. The molecule has 1 aromatic carbocycles. The van der Waals surface area contributed by atoms with E-state index >= 15 is 0 Å². The van der Waals surface area contributed by atoms with E-state index < -0.39 is 0 Å². The number of aryl methyl sites for hydroxylation is 1. The number of hydrogen-bond acceptors (Lipinski definition) is 5. The molecule has 0 atom stereocenters. The number of nitrogens with zero attached hydrogens (tertiary/aromatic N) is 2. The predicted octanol–water partition coefficient (Wildman–Crippen LogP) is 1.66. The van der Waals surface area contributed by atoms with Crippen molar-refractivity contribution in [3.8, 4) is 11.5 Å². The summed E-state index contributed by atoms with van der Waals surface area (Å²) in [5.74, 6) is 0.750. The lowest BCUT2D eigenvalue weighted by Crippen LogP contribution is -1.97. The molecule has 1 aromatic heterocycles. The van der Waals surface area contributed by atoms with Gasteiger partial charge in [-0.3, -0.25) is 0 Å². The number of ether oxygens (including phenoxy) is 1. The summed E-state index contributed by atoms with van der Waals surface area (Å²) >= 11 is 0. The van der Waals surface area contributed by atoms with Crippen molar-refractivity contribution in [1.29, 1.82) is 0 Å². The first kappa shape index (κ1) is 9.51. The molecule has 5 heteroatoms. The van der Waals surface area contributed by atoms with Crippen molar-refractivity contribution in [1.82, 2.24) is 10.3 Å². The van der Waals surface area contributed by atoms with Crippen molar-refractivity contribution >= 4 is 0 Å². The van der Waals surface area contributed by atoms with E-state index in [1.165, 1.54) is 6.07 Å². The van der Waals surface area contributed by atoms with Gasteiger partial charge >= 0.3 is 0 Å². The number of hydrogen-bond donors (Lipinski definition) is 1. The molecule has 0 saturated carbocycles. The van der Waals surface area contributed by atoms with E-state index in [4.69, 9.17) is 4.74 Å². The van der Waals surface area contributed by atoms with E-state index in [1.54, 1.807) is 25.1 Å². The van der Waals surface area contributed by atoms with Crippen molar-refractivity contribution in [2.24, 2.45) is 0 Å². The van der Waals surface area contributed by atoms with Gasteiger partial charge in [0, 0.05) is 6.07 Å². The van der Waals surface area contributed by atoms with Crippen LogP contribution in [0.3, 0.4) is 0 Å². The molecule has 0 aliphatic carbocycles. The van der Waals surface area contributed by atoms with Crippen LogP contribution in [0.1, 0.15) is 11.4 Å². The quantitative estimate of drug-likeness (QED) is 0.827. The molecular formula is C10H10N2O3. The molecule has 2 rings (SSSR count). The van der Waals surface area contributed by atoms with Gasteiger partial charge in [0.15, 0.2) is 0 Å². The second-order valence-electron chi connectivity index (χ2n) is 3.08. The Morgan fingerprint density at radius 3 is 2.93 bits per heavy atom. The Morgan fingerprint density at radius 2 is 2.27 bits per heavy atom. The van der Waals surface area contributed by atoms with Gasteiger partial charge in [0.1, 0.15) is 29.5 Å². The second-order valence-corrected chi connectivity index (χ2v) is 3.08. The minimum Gasteiger partial charge on any atom is -0.508 e. The number of rotatable bonds is 3. The molecule has 0 amide bonds. The Morgan fingerprint density at radius 1 is 1.40 bits per heavy atom. The zero-order chi connectivity index (χ0) is 10.7. The summed E-state index contributed by atoms with van der Waals surface area (Å²) in [5.41, 5.74) is 1.36. The van der Waals surface area contributed by atoms with Crippen LogP contribution < -0.4 is 4.74 Å². The molecule has 5 nitrogen and oxygen atoms in total. The summed E-state index contributed by atoms with van der Waals surface area (Å²) in [4.78, 5) is 0. The van der Waals surface area contributed by atoms with E-state index in [2.05, 4.69) is 14.9 Å². The van der Waals surface area contributed by atoms with Crippen molar-refractivity contribution in [2.75, 3.05) is 0 Å². The molecular weight excluding hydrogens is 196 g/mol. The number of phenolic OH excluding ortho intramolecular Hbond substituents is 1. The van der Waals surface area contributed by atoms with Crippen LogP contribution in [0.2, 0.25) is 0 Å². The van der Waals surface area contributed by atoms with Gasteiger partial charge in [-0.05, 0) is 19.1 Å². The topological polar surface area (TPSA) is 68.4 Å². The normalized spacial score (nSPS) is 10.2. The highest BCUT2D eigenvalue weighted by Crippen LogP contribution is 2.18. The fourth-order valence-corrected chi connectivity index (χ4v) is 1.11. The van der Waals surface area contributed by atoms with E-state index in [0.29, 0.717) is 17.1 Å². The molecule has 0 spiro atoms. The fourth-order valence-electron chi connectivity index (χ4n) is 1.11. The molecule has 0 unspecified atom stereocenters. The largest absolute Gasteiger partial charge is 0.508 e. The lowest BCUT2D eigenvalue weighted by molar-refractivity contribution is 0.269. The number of aromatic hydroxyl groups is 1. The molecule has 0 radical (unpaired) electrons. The highest BCUT2D eigenvalue weighted by atomic mass is 16.6. The average Bonchev–Trinajstić information content (AvgIpc) is 2.61. The fraction of sp³-hybridized carbons (Fsp3) is 0.200. The third-order valence-corrected chi connectivity index (χ3v) is 1.94. The monoisotopic (exact) mass is 206 g/mol. The number of benzene rings is 1. The lowest BCUT2D eigenvalue weighted by Gasteiger charge is -2.03. The van der Waals surface area contributed by atoms with E-state index in [-0.39, 0.29) is 12.4 Å².